The van der Waals surface area contributed by atoms with Gasteiger partial charge in [0.15, 0.2) is 6.10 Å². The van der Waals surface area contributed by atoms with Gasteiger partial charge in [-0.15, -0.1) is 0 Å². The van der Waals surface area contributed by atoms with Crippen molar-refractivity contribution in [3.63, 3.8) is 0 Å². The fourth-order valence-corrected chi connectivity index (χ4v) is 9.47. The summed E-state index contributed by atoms with van der Waals surface area (Å²) >= 11 is 0. The fourth-order valence-electron chi connectivity index (χ4n) is 9.47. The van der Waals surface area contributed by atoms with Gasteiger partial charge in [0.25, 0.3) is 0 Å². The first-order valence-corrected chi connectivity index (χ1v) is 32.3. The lowest BCUT2D eigenvalue weighted by atomic mass is 10.0. The monoisotopic (exact) mass is 1030 g/mol. The van der Waals surface area contributed by atoms with E-state index in [4.69, 9.17) is 14.2 Å². The molecule has 0 heterocycles. The molecular formula is C68H122O6. The maximum atomic E-state index is 12.9. The molecule has 0 fully saturated rings. The lowest BCUT2D eigenvalue weighted by Crippen LogP contribution is -2.30. The number of esters is 3. The van der Waals surface area contributed by atoms with Gasteiger partial charge in [-0.3, -0.25) is 14.4 Å². The molecule has 0 aliphatic heterocycles. The van der Waals surface area contributed by atoms with E-state index in [0.717, 1.165) is 96.3 Å². The Morgan fingerprint density at radius 1 is 0.284 bits per heavy atom. The van der Waals surface area contributed by atoms with Gasteiger partial charge in [-0.1, -0.05) is 313 Å². The van der Waals surface area contributed by atoms with Crippen molar-refractivity contribution in [2.45, 2.75) is 341 Å². The van der Waals surface area contributed by atoms with E-state index in [-0.39, 0.29) is 31.1 Å². The molecule has 0 aromatic rings. The Morgan fingerprint density at radius 2 is 0.527 bits per heavy atom. The summed E-state index contributed by atoms with van der Waals surface area (Å²) in [6, 6.07) is 0. The molecule has 74 heavy (non-hydrogen) atoms. The third-order valence-corrected chi connectivity index (χ3v) is 14.3. The van der Waals surface area contributed by atoms with Crippen LogP contribution in [0.3, 0.4) is 0 Å². The number of ether oxygens (including phenoxy) is 3. The van der Waals surface area contributed by atoms with Gasteiger partial charge in [0, 0.05) is 19.3 Å². The van der Waals surface area contributed by atoms with Crippen LogP contribution in [0.5, 0.6) is 0 Å². The zero-order chi connectivity index (χ0) is 53.6. The molecule has 430 valence electrons. The quantitative estimate of drug-likeness (QED) is 0.0261. The third kappa shape index (κ3) is 60.0. The normalized spacial score (nSPS) is 12.4. The van der Waals surface area contributed by atoms with Crippen LogP contribution < -0.4 is 0 Å². The first kappa shape index (κ1) is 71.1. The summed E-state index contributed by atoms with van der Waals surface area (Å²) in [5.41, 5.74) is 0. The number of hydrogen-bond acceptors (Lipinski definition) is 6. The molecule has 0 aromatic carbocycles. The Kier molecular flexibility index (Phi) is 60.2. The summed E-state index contributed by atoms with van der Waals surface area (Å²) in [7, 11) is 0. The first-order valence-electron chi connectivity index (χ1n) is 32.3. The fraction of sp³-hybridized carbons (Fsp3) is 0.809. The minimum atomic E-state index is -0.790. The van der Waals surface area contributed by atoms with Crippen molar-refractivity contribution in [2.24, 2.45) is 0 Å². The topological polar surface area (TPSA) is 78.9 Å². The van der Waals surface area contributed by atoms with Crippen LogP contribution >= 0.6 is 0 Å². The molecule has 0 saturated heterocycles. The number of unbranched alkanes of at least 4 members (excludes halogenated alkanes) is 38. The van der Waals surface area contributed by atoms with Crippen LogP contribution in [0.4, 0.5) is 0 Å². The number of carbonyl (C=O) groups excluding carboxylic acids is 3. The zero-order valence-electron chi connectivity index (χ0n) is 49.4. The van der Waals surface area contributed by atoms with Crippen LogP contribution in [0.1, 0.15) is 335 Å². The van der Waals surface area contributed by atoms with Gasteiger partial charge in [-0.25, -0.2) is 0 Å². The van der Waals surface area contributed by atoms with E-state index < -0.39 is 6.10 Å². The molecule has 0 radical (unpaired) electrons. The van der Waals surface area contributed by atoms with Crippen LogP contribution in [-0.4, -0.2) is 37.2 Å². The number of carbonyl (C=O) groups is 3. The van der Waals surface area contributed by atoms with Gasteiger partial charge >= 0.3 is 17.9 Å². The third-order valence-electron chi connectivity index (χ3n) is 14.3. The van der Waals surface area contributed by atoms with Gasteiger partial charge in [0.2, 0.25) is 0 Å². The highest BCUT2D eigenvalue weighted by molar-refractivity contribution is 5.71. The van der Waals surface area contributed by atoms with Crippen molar-refractivity contribution in [3.8, 4) is 0 Å². The predicted molar refractivity (Wildman–Crippen MR) is 321 cm³/mol. The van der Waals surface area contributed by atoms with Crippen LogP contribution in [0.2, 0.25) is 0 Å². The summed E-state index contributed by atoms with van der Waals surface area (Å²) in [5, 5.41) is 0. The molecular weight excluding hydrogens is 913 g/mol. The molecule has 1 atom stereocenters. The van der Waals surface area contributed by atoms with Gasteiger partial charge in [-0.2, -0.15) is 0 Å². The highest BCUT2D eigenvalue weighted by atomic mass is 16.6. The van der Waals surface area contributed by atoms with Gasteiger partial charge in [-0.05, 0) is 64.2 Å². The molecule has 0 bridgehead atoms. The van der Waals surface area contributed by atoms with Gasteiger partial charge in [0.1, 0.15) is 13.2 Å². The highest BCUT2D eigenvalue weighted by Crippen LogP contribution is 2.18. The summed E-state index contributed by atoms with van der Waals surface area (Å²) in [6.45, 7) is 6.56. The first-order chi connectivity index (χ1) is 36.5. The van der Waals surface area contributed by atoms with E-state index in [1.54, 1.807) is 0 Å². The van der Waals surface area contributed by atoms with E-state index in [0.29, 0.717) is 19.3 Å². The Morgan fingerprint density at radius 3 is 0.824 bits per heavy atom. The largest absolute Gasteiger partial charge is 0.462 e. The van der Waals surface area contributed by atoms with Crippen molar-refractivity contribution >= 4 is 17.9 Å². The van der Waals surface area contributed by atoms with Crippen molar-refractivity contribution in [3.05, 3.63) is 60.8 Å². The maximum Gasteiger partial charge on any atom is 0.306 e. The highest BCUT2D eigenvalue weighted by Gasteiger charge is 2.19. The summed E-state index contributed by atoms with van der Waals surface area (Å²) in [4.78, 5) is 38.3. The molecule has 6 nitrogen and oxygen atoms in total. The van der Waals surface area contributed by atoms with E-state index in [1.807, 2.05) is 0 Å². The standard InChI is InChI=1S/C68H122O6/c1-4-7-10-13-16-19-22-25-28-30-32-33-34-36-37-40-43-46-49-52-55-58-61-67(70)73-64-65(63-72-66(69)60-57-54-51-48-45-42-39-27-24-21-18-15-12-9-6-3)74-68(71)62-59-56-53-50-47-44-41-38-35-31-29-26-23-20-17-14-11-8-5-2/h8,11,17,20,26,29,35,38,44,47,65H,4-7,9-10,12-16,18-19,21-25,27-28,30-34,36-37,39-43,45-46,48-64H2,1-3H3/b11-8-,20-17-,29-26-,38-35-,47-44-. The van der Waals surface area contributed by atoms with E-state index in [2.05, 4.69) is 81.5 Å². The van der Waals surface area contributed by atoms with Gasteiger partial charge < -0.3 is 14.2 Å². The molecule has 1 unspecified atom stereocenters. The zero-order valence-corrected chi connectivity index (χ0v) is 49.4. The van der Waals surface area contributed by atoms with Crippen LogP contribution in [-0.2, 0) is 28.6 Å². The average Bonchev–Trinajstić information content (AvgIpc) is 3.40. The lowest BCUT2D eigenvalue weighted by molar-refractivity contribution is -0.167. The Hall–Kier alpha value is -2.89. The van der Waals surface area contributed by atoms with E-state index >= 15 is 0 Å². The van der Waals surface area contributed by atoms with Crippen molar-refractivity contribution < 1.29 is 28.6 Å². The predicted octanol–water partition coefficient (Wildman–Crippen LogP) is 21.9. The Bertz CT molecular complexity index is 1330. The van der Waals surface area contributed by atoms with E-state index in [9.17, 15) is 14.4 Å². The van der Waals surface area contributed by atoms with Crippen molar-refractivity contribution in [2.75, 3.05) is 13.2 Å². The van der Waals surface area contributed by atoms with Gasteiger partial charge in [0.05, 0.1) is 0 Å². The second kappa shape index (κ2) is 62.6. The van der Waals surface area contributed by atoms with Crippen LogP contribution in [0.15, 0.2) is 60.8 Å². The second-order valence-corrected chi connectivity index (χ2v) is 21.7. The molecule has 0 spiro atoms. The minimum absolute atomic E-state index is 0.0831. The number of rotatable bonds is 59. The summed E-state index contributed by atoms with van der Waals surface area (Å²) < 4.78 is 16.9. The van der Waals surface area contributed by atoms with Crippen molar-refractivity contribution in [1.82, 2.24) is 0 Å². The molecule has 0 aliphatic carbocycles. The molecule has 0 amide bonds. The van der Waals surface area contributed by atoms with Crippen LogP contribution in [0.25, 0.3) is 0 Å². The molecule has 0 N–H and O–H groups in total. The number of allylic oxidation sites excluding steroid dienone is 10. The Labute approximate surface area is 460 Å². The second-order valence-electron chi connectivity index (χ2n) is 21.7. The summed E-state index contributed by atoms with van der Waals surface area (Å²) in [5.74, 6) is -0.894. The van der Waals surface area contributed by atoms with E-state index in [1.165, 1.54) is 199 Å². The molecule has 0 saturated carbocycles. The minimum Gasteiger partial charge on any atom is -0.462 e. The lowest BCUT2D eigenvalue weighted by Gasteiger charge is -2.18. The number of hydrogen-bond donors (Lipinski definition) is 0. The summed E-state index contributed by atoms with van der Waals surface area (Å²) in [6.07, 6.45) is 79.4. The smallest absolute Gasteiger partial charge is 0.306 e. The maximum absolute atomic E-state index is 12.9. The molecule has 0 aromatic heterocycles. The molecule has 0 rings (SSSR count). The SMILES string of the molecule is CC/C=C\C/C=C\C/C=C\C/C=C\C/C=C\CCCCCC(=O)OC(COC(=O)CCCCCCCCCCCCCCCCC)COC(=O)CCCCCCCCCCCCCCCCCCCCCCCC. The van der Waals surface area contributed by atoms with Crippen LogP contribution in [0, 0.1) is 0 Å². The van der Waals surface area contributed by atoms with Crippen molar-refractivity contribution in [1.29, 1.82) is 0 Å². The molecule has 0 aliphatic rings. The average molecular weight is 1040 g/mol. The molecule has 6 heteroatoms. The Balaban J connectivity index is 4.36.